The molecule has 0 aromatic heterocycles. The molecule has 4 heteroatoms. The Morgan fingerprint density at radius 3 is 2.55 bits per heavy atom. The van der Waals surface area contributed by atoms with Crippen molar-refractivity contribution >= 4 is 5.96 Å². The van der Waals surface area contributed by atoms with Crippen molar-refractivity contribution in [1.82, 2.24) is 10.6 Å². The van der Waals surface area contributed by atoms with Gasteiger partial charge >= 0.3 is 0 Å². The highest BCUT2D eigenvalue weighted by Gasteiger charge is 2.15. The Labute approximate surface area is 121 Å². The Kier molecular flexibility index (Phi) is 5.71. The van der Waals surface area contributed by atoms with Crippen molar-refractivity contribution in [2.75, 3.05) is 13.7 Å². The van der Waals surface area contributed by atoms with Crippen LogP contribution in [0.3, 0.4) is 0 Å². The van der Waals surface area contributed by atoms with Crippen molar-refractivity contribution in [3.05, 3.63) is 29.8 Å². The molecular formula is C16H25N3O. The second-order valence-electron chi connectivity index (χ2n) is 5.17. The Morgan fingerprint density at radius 2 is 1.95 bits per heavy atom. The molecule has 2 rings (SSSR count). The van der Waals surface area contributed by atoms with E-state index in [-0.39, 0.29) is 0 Å². The number of benzene rings is 1. The predicted molar refractivity (Wildman–Crippen MR) is 83.2 cm³/mol. The number of rotatable bonds is 5. The topological polar surface area (TPSA) is 45.7 Å². The minimum absolute atomic E-state index is 0.587. The molecule has 1 aliphatic rings. The van der Waals surface area contributed by atoms with Gasteiger partial charge in [0.15, 0.2) is 5.96 Å². The van der Waals surface area contributed by atoms with Gasteiger partial charge in [0.1, 0.15) is 5.75 Å². The second kappa shape index (κ2) is 7.78. The first-order valence-corrected chi connectivity index (χ1v) is 7.49. The summed E-state index contributed by atoms with van der Waals surface area (Å²) in [5, 5.41) is 6.84. The van der Waals surface area contributed by atoms with Crippen molar-refractivity contribution in [2.45, 2.75) is 45.2 Å². The van der Waals surface area contributed by atoms with Gasteiger partial charge in [0.25, 0.3) is 0 Å². The first kappa shape index (κ1) is 14.7. The van der Waals surface area contributed by atoms with Gasteiger partial charge in [0.05, 0.1) is 13.7 Å². The van der Waals surface area contributed by atoms with Gasteiger partial charge in [-0.05, 0) is 37.5 Å². The smallest absolute Gasteiger partial charge is 0.191 e. The molecule has 1 aromatic carbocycles. The molecule has 0 radical (unpaired) electrons. The van der Waals surface area contributed by atoms with Crippen molar-refractivity contribution in [1.29, 1.82) is 0 Å². The number of ether oxygens (including phenoxy) is 1. The van der Waals surface area contributed by atoms with Gasteiger partial charge in [-0.1, -0.05) is 25.0 Å². The Morgan fingerprint density at radius 1 is 1.25 bits per heavy atom. The SMILES string of the molecule is CCNC(=NCc1ccc(OC)cc1)NC1CCCC1. The van der Waals surface area contributed by atoms with E-state index in [1.807, 2.05) is 12.1 Å². The normalized spacial score (nSPS) is 16.2. The molecule has 0 aliphatic heterocycles. The average Bonchev–Trinajstić information content (AvgIpc) is 2.98. The largest absolute Gasteiger partial charge is 0.497 e. The zero-order valence-corrected chi connectivity index (χ0v) is 12.5. The molecule has 0 unspecified atom stereocenters. The van der Waals surface area contributed by atoms with E-state index in [0.717, 1.165) is 18.3 Å². The van der Waals surface area contributed by atoms with E-state index in [9.17, 15) is 0 Å². The quantitative estimate of drug-likeness (QED) is 0.641. The summed E-state index contributed by atoms with van der Waals surface area (Å²) in [7, 11) is 1.68. The molecule has 0 saturated heterocycles. The molecular weight excluding hydrogens is 250 g/mol. The van der Waals surface area contributed by atoms with Crippen LogP contribution < -0.4 is 15.4 Å². The van der Waals surface area contributed by atoms with E-state index in [0.29, 0.717) is 12.6 Å². The Bertz CT molecular complexity index is 422. The van der Waals surface area contributed by atoms with E-state index >= 15 is 0 Å². The van der Waals surface area contributed by atoms with Crippen LogP contribution in [0.5, 0.6) is 5.75 Å². The van der Waals surface area contributed by atoms with Crippen LogP contribution >= 0.6 is 0 Å². The van der Waals surface area contributed by atoms with E-state index in [2.05, 4.69) is 34.7 Å². The van der Waals surface area contributed by atoms with Crippen LogP contribution in [-0.4, -0.2) is 25.7 Å². The highest BCUT2D eigenvalue weighted by atomic mass is 16.5. The van der Waals surface area contributed by atoms with Crippen molar-refractivity contribution < 1.29 is 4.74 Å². The summed E-state index contributed by atoms with van der Waals surface area (Å²) < 4.78 is 5.16. The fourth-order valence-electron chi connectivity index (χ4n) is 2.48. The molecule has 20 heavy (non-hydrogen) atoms. The third-order valence-electron chi connectivity index (χ3n) is 3.62. The van der Waals surface area contributed by atoms with Crippen molar-refractivity contribution in [3.8, 4) is 5.75 Å². The second-order valence-corrected chi connectivity index (χ2v) is 5.17. The molecule has 0 heterocycles. The van der Waals surface area contributed by atoms with Crippen LogP contribution in [0.1, 0.15) is 38.2 Å². The summed E-state index contributed by atoms with van der Waals surface area (Å²) >= 11 is 0. The average molecular weight is 275 g/mol. The lowest BCUT2D eigenvalue weighted by atomic mass is 10.2. The highest BCUT2D eigenvalue weighted by Crippen LogP contribution is 2.17. The van der Waals surface area contributed by atoms with Gasteiger partial charge in [-0.15, -0.1) is 0 Å². The van der Waals surface area contributed by atoms with Crippen molar-refractivity contribution in [2.24, 2.45) is 4.99 Å². The van der Waals surface area contributed by atoms with Crippen molar-refractivity contribution in [3.63, 3.8) is 0 Å². The Hall–Kier alpha value is -1.71. The summed E-state index contributed by atoms with van der Waals surface area (Å²) in [5.74, 6) is 1.81. The monoisotopic (exact) mass is 275 g/mol. The first-order valence-electron chi connectivity index (χ1n) is 7.49. The summed E-state index contributed by atoms with van der Waals surface area (Å²) in [6.07, 6.45) is 5.17. The number of guanidine groups is 1. The number of nitrogens with one attached hydrogen (secondary N) is 2. The van der Waals surface area contributed by atoms with Crippen LogP contribution in [0.4, 0.5) is 0 Å². The van der Waals surface area contributed by atoms with Crippen LogP contribution in [0.15, 0.2) is 29.3 Å². The van der Waals surface area contributed by atoms with Crippen LogP contribution in [0.25, 0.3) is 0 Å². The van der Waals surface area contributed by atoms with E-state index in [1.165, 1.54) is 31.2 Å². The molecule has 0 spiro atoms. The van der Waals surface area contributed by atoms with Gasteiger partial charge in [-0.25, -0.2) is 4.99 Å². The molecule has 0 amide bonds. The number of methoxy groups -OCH3 is 1. The number of hydrogen-bond donors (Lipinski definition) is 2. The van der Waals surface area contributed by atoms with Crippen LogP contribution in [-0.2, 0) is 6.54 Å². The summed E-state index contributed by atoms with van der Waals surface area (Å²) in [5.41, 5.74) is 1.19. The highest BCUT2D eigenvalue weighted by molar-refractivity contribution is 5.80. The third-order valence-corrected chi connectivity index (χ3v) is 3.62. The predicted octanol–water partition coefficient (Wildman–Crippen LogP) is 2.69. The minimum atomic E-state index is 0.587. The lowest BCUT2D eigenvalue weighted by molar-refractivity contribution is 0.414. The molecule has 1 fully saturated rings. The molecule has 4 nitrogen and oxygen atoms in total. The molecule has 1 saturated carbocycles. The summed E-state index contributed by atoms with van der Waals surface area (Å²) in [6, 6.07) is 8.65. The van der Waals surface area contributed by atoms with E-state index < -0.39 is 0 Å². The van der Waals surface area contributed by atoms with E-state index in [4.69, 9.17) is 4.74 Å². The maximum absolute atomic E-state index is 5.16. The zero-order valence-electron chi connectivity index (χ0n) is 12.5. The van der Waals surface area contributed by atoms with Gasteiger partial charge in [-0.3, -0.25) is 0 Å². The van der Waals surface area contributed by atoms with E-state index in [1.54, 1.807) is 7.11 Å². The zero-order chi connectivity index (χ0) is 14.2. The van der Waals surface area contributed by atoms with Crippen LogP contribution in [0, 0.1) is 0 Å². The van der Waals surface area contributed by atoms with Crippen LogP contribution in [0.2, 0.25) is 0 Å². The summed E-state index contributed by atoms with van der Waals surface area (Å²) in [4.78, 5) is 4.66. The lowest BCUT2D eigenvalue weighted by Gasteiger charge is -2.16. The number of hydrogen-bond acceptors (Lipinski definition) is 2. The fourth-order valence-corrected chi connectivity index (χ4v) is 2.48. The maximum Gasteiger partial charge on any atom is 0.191 e. The molecule has 0 atom stereocenters. The maximum atomic E-state index is 5.16. The summed E-state index contributed by atoms with van der Waals surface area (Å²) in [6.45, 7) is 3.67. The van der Waals surface area contributed by atoms with Gasteiger partial charge in [-0.2, -0.15) is 0 Å². The van der Waals surface area contributed by atoms with Gasteiger partial charge < -0.3 is 15.4 Å². The molecule has 2 N–H and O–H groups in total. The Balaban J connectivity index is 1.92. The standard InChI is InChI=1S/C16H25N3O/c1-3-17-16(19-14-6-4-5-7-14)18-12-13-8-10-15(20-2)11-9-13/h8-11,14H,3-7,12H2,1-2H3,(H2,17,18,19). The molecule has 1 aromatic rings. The lowest BCUT2D eigenvalue weighted by Crippen LogP contribution is -2.42. The molecule has 110 valence electrons. The molecule has 0 bridgehead atoms. The van der Waals surface area contributed by atoms with Gasteiger partial charge in [0, 0.05) is 12.6 Å². The molecule has 1 aliphatic carbocycles. The number of aliphatic imine (C=N–C) groups is 1. The fraction of sp³-hybridized carbons (Fsp3) is 0.562. The number of nitrogens with zero attached hydrogens (tertiary/aromatic N) is 1. The van der Waals surface area contributed by atoms with Gasteiger partial charge in [0.2, 0.25) is 0 Å². The minimum Gasteiger partial charge on any atom is -0.497 e. The third kappa shape index (κ3) is 4.44. The first-order chi connectivity index (χ1) is 9.81.